The third kappa shape index (κ3) is 2.96. The predicted octanol–water partition coefficient (Wildman–Crippen LogP) is 0.713. The van der Waals surface area contributed by atoms with Crippen LogP contribution in [0.2, 0.25) is 0 Å². The van der Waals surface area contributed by atoms with Crippen molar-refractivity contribution in [2.45, 2.75) is 12.8 Å². The molecule has 1 N–H and O–H groups in total. The van der Waals surface area contributed by atoms with E-state index in [4.69, 9.17) is 4.74 Å². The monoisotopic (exact) mass is 241 g/mol. The Hall–Kier alpha value is -1.07. The van der Waals surface area contributed by atoms with E-state index in [-0.39, 0.29) is 0 Å². The molecule has 0 fully saturated rings. The average Bonchev–Trinajstić information content (AvgIpc) is 2.62. The van der Waals surface area contributed by atoms with Gasteiger partial charge in [-0.05, 0) is 23.6 Å². The first-order chi connectivity index (χ1) is 7.54. The molecule has 0 aliphatic carbocycles. The minimum atomic E-state index is -3.08. The summed E-state index contributed by atoms with van der Waals surface area (Å²) in [6.07, 6.45) is 2.83. The highest BCUT2D eigenvalue weighted by molar-refractivity contribution is 7.88. The molecule has 2 rings (SSSR count). The summed E-state index contributed by atoms with van der Waals surface area (Å²) in [7, 11) is -3.08. The lowest BCUT2D eigenvalue weighted by Crippen LogP contribution is -2.24. The van der Waals surface area contributed by atoms with Crippen LogP contribution in [0.3, 0.4) is 0 Å². The number of fused-ring (bicyclic) bond motifs is 1. The quantitative estimate of drug-likeness (QED) is 0.844. The van der Waals surface area contributed by atoms with Gasteiger partial charge in [-0.2, -0.15) is 0 Å². The second-order valence-electron chi connectivity index (χ2n) is 3.96. The third-order valence-corrected chi connectivity index (χ3v) is 3.26. The average molecular weight is 241 g/mol. The van der Waals surface area contributed by atoms with Crippen LogP contribution < -0.4 is 9.46 Å². The molecule has 0 bridgehead atoms. The van der Waals surface area contributed by atoms with Crippen LogP contribution in [0.15, 0.2) is 18.2 Å². The highest BCUT2D eigenvalue weighted by atomic mass is 32.2. The molecule has 0 aromatic heterocycles. The van der Waals surface area contributed by atoms with Crippen LogP contribution in [0.5, 0.6) is 5.75 Å². The molecular formula is C11H15NO3S. The van der Waals surface area contributed by atoms with Crippen LogP contribution >= 0.6 is 0 Å². The number of hydrogen-bond donors (Lipinski definition) is 1. The molecule has 0 saturated heterocycles. The molecule has 1 aromatic carbocycles. The van der Waals surface area contributed by atoms with Gasteiger partial charge >= 0.3 is 0 Å². The Balaban J connectivity index is 1.95. The lowest BCUT2D eigenvalue weighted by Gasteiger charge is -2.04. The van der Waals surface area contributed by atoms with Gasteiger partial charge in [0.2, 0.25) is 10.0 Å². The molecule has 1 aliphatic heterocycles. The molecule has 0 amide bonds. The Morgan fingerprint density at radius 2 is 2.25 bits per heavy atom. The zero-order chi connectivity index (χ0) is 11.6. The molecule has 88 valence electrons. The van der Waals surface area contributed by atoms with Crippen molar-refractivity contribution < 1.29 is 13.2 Å². The number of hydrogen-bond acceptors (Lipinski definition) is 3. The zero-order valence-electron chi connectivity index (χ0n) is 9.19. The molecule has 0 unspecified atom stereocenters. The topological polar surface area (TPSA) is 55.4 Å². The molecule has 0 atom stereocenters. The van der Waals surface area contributed by atoms with Gasteiger partial charge in [0.05, 0.1) is 12.9 Å². The summed E-state index contributed by atoms with van der Waals surface area (Å²) in [5.74, 6) is 0.958. The van der Waals surface area contributed by atoms with Crippen molar-refractivity contribution in [3.8, 4) is 5.75 Å². The van der Waals surface area contributed by atoms with E-state index in [1.54, 1.807) is 0 Å². The second kappa shape index (κ2) is 4.43. The molecule has 4 nitrogen and oxygen atoms in total. The predicted molar refractivity (Wildman–Crippen MR) is 62.2 cm³/mol. The van der Waals surface area contributed by atoms with Gasteiger partial charge in [-0.25, -0.2) is 13.1 Å². The first-order valence-electron chi connectivity index (χ1n) is 5.24. The molecule has 5 heteroatoms. The van der Waals surface area contributed by atoms with Crippen molar-refractivity contribution in [3.05, 3.63) is 29.3 Å². The molecular weight excluding hydrogens is 226 g/mol. The highest BCUT2D eigenvalue weighted by Crippen LogP contribution is 2.25. The van der Waals surface area contributed by atoms with E-state index in [0.29, 0.717) is 13.0 Å². The van der Waals surface area contributed by atoms with Crippen molar-refractivity contribution in [1.29, 1.82) is 0 Å². The molecule has 1 heterocycles. The first kappa shape index (κ1) is 11.4. The summed E-state index contributed by atoms with van der Waals surface area (Å²) in [5.41, 5.74) is 2.36. The number of rotatable bonds is 4. The molecule has 0 saturated carbocycles. The maximum absolute atomic E-state index is 10.9. The van der Waals surface area contributed by atoms with Crippen molar-refractivity contribution in [3.63, 3.8) is 0 Å². The van der Waals surface area contributed by atoms with Crippen LogP contribution in [0.25, 0.3) is 0 Å². The van der Waals surface area contributed by atoms with E-state index < -0.39 is 10.0 Å². The molecule has 0 spiro atoms. The Kier molecular flexibility index (Phi) is 3.16. The van der Waals surface area contributed by atoms with Crippen LogP contribution in [0, 0.1) is 0 Å². The molecule has 1 aliphatic rings. The number of ether oxygens (including phenoxy) is 1. The normalized spacial score (nSPS) is 14.6. The van der Waals surface area contributed by atoms with E-state index in [0.717, 1.165) is 24.3 Å². The fourth-order valence-corrected chi connectivity index (χ4v) is 2.25. The fourth-order valence-electron chi connectivity index (χ4n) is 1.78. The van der Waals surface area contributed by atoms with Crippen LogP contribution in [-0.2, 0) is 22.9 Å². The van der Waals surface area contributed by atoms with Gasteiger partial charge in [-0.3, -0.25) is 0 Å². The number of nitrogens with one attached hydrogen (secondary N) is 1. The van der Waals surface area contributed by atoms with Gasteiger partial charge in [0.1, 0.15) is 5.75 Å². The van der Waals surface area contributed by atoms with Crippen LogP contribution in [0.1, 0.15) is 11.1 Å². The Morgan fingerprint density at radius 3 is 3.00 bits per heavy atom. The summed E-state index contributed by atoms with van der Waals surface area (Å²) in [6, 6.07) is 6.03. The van der Waals surface area contributed by atoms with Gasteiger partial charge < -0.3 is 4.74 Å². The third-order valence-electron chi connectivity index (χ3n) is 2.53. The molecule has 1 aromatic rings. The Morgan fingerprint density at radius 1 is 1.44 bits per heavy atom. The van der Waals surface area contributed by atoms with Gasteiger partial charge in [-0.1, -0.05) is 12.1 Å². The summed E-state index contributed by atoms with van der Waals surface area (Å²) >= 11 is 0. The van der Waals surface area contributed by atoms with E-state index >= 15 is 0 Å². The van der Waals surface area contributed by atoms with Gasteiger partial charge in [0, 0.05) is 13.0 Å². The maximum Gasteiger partial charge on any atom is 0.208 e. The van der Waals surface area contributed by atoms with Gasteiger partial charge in [-0.15, -0.1) is 0 Å². The number of benzene rings is 1. The van der Waals surface area contributed by atoms with Crippen LogP contribution in [0.4, 0.5) is 0 Å². The van der Waals surface area contributed by atoms with E-state index in [1.807, 2.05) is 12.1 Å². The lowest BCUT2D eigenvalue weighted by molar-refractivity contribution is 0.357. The minimum absolute atomic E-state index is 0.443. The van der Waals surface area contributed by atoms with Crippen LogP contribution in [-0.4, -0.2) is 27.8 Å². The molecule has 0 radical (unpaired) electrons. The molecule has 16 heavy (non-hydrogen) atoms. The largest absolute Gasteiger partial charge is 0.493 e. The van der Waals surface area contributed by atoms with E-state index in [9.17, 15) is 8.42 Å². The van der Waals surface area contributed by atoms with E-state index in [2.05, 4.69) is 10.8 Å². The van der Waals surface area contributed by atoms with Crippen molar-refractivity contribution >= 4 is 10.0 Å². The lowest BCUT2D eigenvalue weighted by atomic mass is 10.1. The zero-order valence-corrected chi connectivity index (χ0v) is 10.0. The Labute approximate surface area is 95.7 Å². The second-order valence-corrected chi connectivity index (χ2v) is 5.79. The summed E-state index contributed by atoms with van der Waals surface area (Å²) in [5, 5.41) is 0. The van der Waals surface area contributed by atoms with E-state index in [1.165, 1.54) is 11.8 Å². The standard InChI is InChI=1S/C11H15NO3S/c1-16(13,14)12-6-4-9-2-3-11-10(8-9)5-7-15-11/h2-3,8,12H,4-7H2,1H3. The van der Waals surface area contributed by atoms with Crippen molar-refractivity contribution in [2.75, 3.05) is 19.4 Å². The highest BCUT2D eigenvalue weighted by Gasteiger charge is 2.11. The smallest absolute Gasteiger partial charge is 0.208 e. The first-order valence-corrected chi connectivity index (χ1v) is 7.13. The van der Waals surface area contributed by atoms with Gasteiger partial charge in [0.15, 0.2) is 0 Å². The maximum atomic E-state index is 10.9. The number of sulfonamides is 1. The SMILES string of the molecule is CS(=O)(=O)NCCc1ccc2c(c1)CCO2. The summed E-state index contributed by atoms with van der Waals surface area (Å²) in [4.78, 5) is 0. The fraction of sp³-hybridized carbons (Fsp3) is 0.455. The summed E-state index contributed by atoms with van der Waals surface area (Å²) in [6.45, 7) is 1.19. The Bertz CT molecular complexity index is 482. The van der Waals surface area contributed by atoms with Crippen molar-refractivity contribution in [2.24, 2.45) is 0 Å². The van der Waals surface area contributed by atoms with Crippen molar-refractivity contribution in [1.82, 2.24) is 4.72 Å². The minimum Gasteiger partial charge on any atom is -0.493 e. The summed E-state index contributed by atoms with van der Waals surface area (Å²) < 4.78 is 29.6. The van der Waals surface area contributed by atoms with Gasteiger partial charge in [0.25, 0.3) is 0 Å².